The minimum absolute atomic E-state index is 0.0568. The van der Waals surface area contributed by atoms with Crippen molar-refractivity contribution in [3.05, 3.63) is 28.5 Å². The number of nitrogens with one attached hydrogen (secondary N) is 1. The van der Waals surface area contributed by atoms with Crippen molar-refractivity contribution < 1.29 is 4.79 Å². The van der Waals surface area contributed by atoms with Crippen LogP contribution in [0.4, 0.5) is 0 Å². The Balaban J connectivity index is 2.01. The maximum absolute atomic E-state index is 12.1. The number of aromatic nitrogens is 1. The Morgan fingerprint density at radius 2 is 2.11 bits per heavy atom. The quantitative estimate of drug-likeness (QED) is 0.837. The van der Waals surface area contributed by atoms with E-state index < -0.39 is 0 Å². The molecule has 1 saturated carbocycles. The van der Waals surface area contributed by atoms with Crippen molar-refractivity contribution in [1.29, 1.82) is 0 Å². The van der Waals surface area contributed by atoms with Crippen molar-refractivity contribution in [2.24, 2.45) is 11.8 Å². The normalized spacial score (nSPS) is 16.5. The molecule has 1 aromatic rings. The van der Waals surface area contributed by atoms with Gasteiger partial charge in [0.05, 0.1) is 0 Å². The predicted octanol–water partition coefficient (Wildman–Crippen LogP) is 3.63. The minimum Gasteiger partial charge on any atom is -0.352 e. The first-order chi connectivity index (χ1) is 8.97. The zero-order valence-corrected chi connectivity index (χ0v) is 12.5. The number of rotatable bonds is 5. The van der Waals surface area contributed by atoms with Gasteiger partial charge in [0.1, 0.15) is 5.15 Å². The Kier molecular flexibility index (Phi) is 4.46. The van der Waals surface area contributed by atoms with Gasteiger partial charge >= 0.3 is 0 Å². The van der Waals surface area contributed by atoms with Crippen molar-refractivity contribution >= 4 is 17.5 Å². The molecule has 0 bridgehead atoms. The molecule has 104 valence electrons. The maximum atomic E-state index is 12.1. The van der Waals surface area contributed by atoms with E-state index >= 15 is 0 Å². The van der Waals surface area contributed by atoms with Crippen LogP contribution in [0.5, 0.6) is 0 Å². The Morgan fingerprint density at radius 1 is 1.42 bits per heavy atom. The second-order valence-corrected chi connectivity index (χ2v) is 6.17. The van der Waals surface area contributed by atoms with Gasteiger partial charge in [0, 0.05) is 17.8 Å². The highest BCUT2D eigenvalue weighted by molar-refractivity contribution is 6.29. The van der Waals surface area contributed by atoms with Crippen molar-refractivity contribution in [2.75, 3.05) is 6.54 Å². The first kappa shape index (κ1) is 14.3. The lowest BCUT2D eigenvalue weighted by Crippen LogP contribution is -2.29. The van der Waals surface area contributed by atoms with Crippen molar-refractivity contribution in [3.63, 3.8) is 0 Å². The predicted molar refractivity (Wildman–Crippen MR) is 77.6 cm³/mol. The summed E-state index contributed by atoms with van der Waals surface area (Å²) in [6, 6.07) is 3.46. The van der Waals surface area contributed by atoms with Crippen LogP contribution in [-0.2, 0) is 0 Å². The summed E-state index contributed by atoms with van der Waals surface area (Å²) < 4.78 is 0. The number of amides is 1. The van der Waals surface area contributed by atoms with E-state index in [2.05, 4.69) is 17.2 Å². The van der Waals surface area contributed by atoms with E-state index in [0.29, 0.717) is 16.6 Å². The van der Waals surface area contributed by atoms with E-state index in [1.54, 1.807) is 6.07 Å². The molecule has 0 aromatic carbocycles. The van der Waals surface area contributed by atoms with Crippen LogP contribution in [0.3, 0.4) is 0 Å². The van der Waals surface area contributed by atoms with Crippen LogP contribution in [0.15, 0.2) is 12.1 Å². The summed E-state index contributed by atoms with van der Waals surface area (Å²) >= 11 is 5.97. The molecule has 1 aliphatic carbocycles. The molecule has 1 amide bonds. The summed E-state index contributed by atoms with van der Waals surface area (Å²) in [5.41, 5.74) is 1.46. The first-order valence-electron chi connectivity index (χ1n) is 6.93. The van der Waals surface area contributed by atoms with Gasteiger partial charge in [-0.25, -0.2) is 4.98 Å². The summed E-state index contributed by atoms with van der Waals surface area (Å²) in [6.07, 6.45) is 2.60. The van der Waals surface area contributed by atoms with Gasteiger partial charge in [-0.3, -0.25) is 4.79 Å². The number of pyridine rings is 1. The van der Waals surface area contributed by atoms with Crippen molar-refractivity contribution in [3.8, 4) is 0 Å². The standard InChI is InChI=1S/C15H21ClN2O/c1-9(2)13-6-12(7-14(16)18-13)15(19)17-8-10(3)11-4-5-11/h6-7,9-11H,4-5,8H2,1-3H3,(H,17,19). The summed E-state index contributed by atoms with van der Waals surface area (Å²) in [7, 11) is 0. The van der Waals surface area contributed by atoms with Crippen molar-refractivity contribution in [1.82, 2.24) is 10.3 Å². The summed E-state index contributed by atoms with van der Waals surface area (Å²) in [5, 5.41) is 3.37. The molecule has 0 spiro atoms. The highest BCUT2D eigenvalue weighted by atomic mass is 35.5. The molecule has 1 fully saturated rings. The van der Waals surface area contributed by atoms with Crippen LogP contribution < -0.4 is 5.32 Å². The summed E-state index contributed by atoms with van der Waals surface area (Å²) in [5.74, 6) is 1.56. The highest BCUT2D eigenvalue weighted by Gasteiger charge is 2.27. The molecule has 1 aromatic heterocycles. The average Bonchev–Trinajstić information content (AvgIpc) is 3.18. The maximum Gasteiger partial charge on any atom is 0.251 e. The molecule has 1 heterocycles. The fourth-order valence-electron chi connectivity index (χ4n) is 2.13. The van der Waals surface area contributed by atoms with Crippen LogP contribution in [0.1, 0.15) is 55.6 Å². The lowest BCUT2D eigenvalue weighted by Gasteiger charge is -2.12. The van der Waals surface area contributed by atoms with Gasteiger partial charge in [0.2, 0.25) is 0 Å². The fourth-order valence-corrected chi connectivity index (χ4v) is 2.35. The van der Waals surface area contributed by atoms with Gasteiger partial charge < -0.3 is 5.32 Å². The van der Waals surface area contributed by atoms with Gasteiger partial charge in [0.25, 0.3) is 5.91 Å². The zero-order valence-electron chi connectivity index (χ0n) is 11.7. The number of hydrogen-bond acceptors (Lipinski definition) is 2. The number of carbonyl (C=O) groups is 1. The van der Waals surface area contributed by atoms with E-state index in [1.165, 1.54) is 12.8 Å². The lowest BCUT2D eigenvalue weighted by atomic mass is 10.1. The summed E-state index contributed by atoms with van der Waals surface area (Å²) in [4.78, 5) is 16.4. The third-order valence-corrected chi connectivity index (χ3v) is 3.87. The number of nitrogens with zero attached hydrogens (tertiary/aromatic N) is 1. The molecule has 0 radical (unpaired) electrons. The van der Waals surface area contributed by atoms with Crippen LogP contribution in [0.25, 0.3) is 0 Å². The van der Waals surface area contributed by atoms with E-state index in [4.69, 9.17) is 11.6 Å². The Morgan fingerprint density at radius 3 is 2.68 bits per heavy atom. The monoisotopic (exact) mass is 280 g/mol. The van der Waals surface area contributed by atoms with Crippen molar-refractivity contribution in [2.45, 2.75) is 39.5 Å². The smallest absolute Gasteiger partial charge is 0.251 e. The van der Waals surface area contributed by atoms with Gasteiger partial charge in [-0.2, -0.15) is 0 Å². The van der Waals surface area contributed by atoms with E-state index in [-0.39, 0.29) is 11.8 Å². The molecule has 1 atom stereocenters. The third kappa shape index (κ3) is 3.93. The highest BCUT2D eigenvalue weighted by Crippen LogP contribution is 2.36. The molecule has 0 saturated heterocycles. The molecule has 4 heteroatoms. The fraction of sp³-hybridized carbons (Fsp3) is 0.600. The zero-order chi connectivity index (χ0) is 14.0. The first-order valence-corrected chi connectivity index (χ1v) is 7.31. The van der Waals surface area contributed by atoms with Crippen LogP contribution in [-0.4, -0.2) is 17.4 Å². The Hall–Kier alpha value is -1.09. The summed E-state index contributed by atoms with van der Waals surface area (Å²) in [6.45, 7) is 7.00. The molecular formula is C15H21ClN2O. The van der Waals surface area contributed by atoms with E-state index in [9.17, 15) is 4.79 Å². The van der Waals surface area contributed by atoms with Gasteiger partial charge in [-0.15, -0.1) is 0 Å². The molecule has 2 rings (SSSR count). The molecule has 1 unspecified atom stereocenters. The molecule has 1 N–H and O–H groups in total. The number of halogens is 1. The van der Waals surface area contributed by atoms with Gasteiger partial charge in [0.15, 0.2) is 0 Å². The van der Waals surface area contributed by atoms with Crippen LogP contribution in [0.2, 0.25) is 5.15 Å². The Bertz CT molecular complexity index is 469. The Labute approximate surface area is 119 Å². The van der Waals surface area contributed by atoms with Crippen LogP contribution in [0, 0.1) is 11.8 Å². The average molecular weight is 281 g/mol. The van der Waals surface area contributed by atoms with Crippen LogP contribution >= 0.6 is 11.6 Å². The third-order valence-electron chi connectivity index (χ3n) is 3.68. The van der Waals surface area contributed by atoms with E-state index in [0.717, 1.165) is 18.2 Å². The SMILES string of the molecule is CC(C)c1cc(C(=O)NCC(C)C2CC2)cc(Cl)n1. The molecule has 1 aliphatic rings. The lowest BCUT2D eigenvalue weighted by molar-refractivity contribution is 0.0946. The topological polar surface area (TPSA) is 42.0 Å². The largest absolute Gasteiger partial charge is 0.352 e. The van der Waals surface area contributed by atoms with Gasteiger partial charge in [-0.1, -0.05) is 32.4 Å². The molecular weight excluding hydrogens is 260 g/mol. The number of carbonyl (C=O) groups excluding carboxylic acids is 1. The second kappa shape index (κ2) is 5.91. The van der Waals surface area contributed by atoms with E-state index in [1.807, 2.05) is 19.9 Å². The minimum atomic E-state index is -0.0568. The number of hydrogen-bond donors (Lipinski definition) is 1. The second-order valence-electron chi connectivity index (χ2n) is 5.78. The molecule has 3 nitrogen and oxygen atoms in total. The molecule has 0 aliphatic heterocycles. The molecule has 19 heavy (non-hydrogen) atoms. The van der Waals surface area contributed by atoms with Gasteiger partial charge in [-0.05, 0) is 42.7 Å².